The second-order valence-electron chi connectivity index (χ2n) is 3.89. The Morgan fingerprint density at radius 2 is 2.41 bits per heavy atom. The van der Waals surface area contributed by atoms with Crippen LogP contribution >= 0.6 is 0 Å². The summed E-state index contributed by atoms with van der Waals surface area (Å²) in [6.45, 7) is 0.580. The number of aliphatic hydroxyl groups excluding tert-OH is 1. The highest BCUT2D eigenvalue weighted by Crippen LogP contribution is 2.19. The van der Waals surface area contributed by atoms with Crippen LogP contribution in [0.4, 0.5) is 4.79 Å². The van der Waals surface area contributed by atoms with E-state index in [-0.39, 0.29) is 25.3 Å². The molecule has 1 aromatic rings. The molecule has 1 aliphatic heterocycles. The van der Waals surface area contributed by atoms with Crippen molar-refractivity contribution in [3.05, 3.63) is 29.8 Å². The Morgan fingerprint density at radius 3 is 3.12 bits per heavy atom. The van der Waals surface area contributed by atoms with Crippen LogP contribution < -0.4 is 4.74 Å². The average Bonchev–Trinajstić information content (AvgIpc) is 2.71. The van der Waals surface area contributed by atoms with Crippen molar-refractivity contribution in [3.63, 3.8) is 0 Å². The number of hydrogen-bond acceptors (Lipinski definition) is 4. The van der Waals surface area contributed by atoms with E-state index in [4.69, 9.17) is 14.6 Å². The van der Waals surface area contributed by atoms with Crippen molar-refractivity contribution < 1.29 is 19.4 Å². The van der Waals surface area contributed by atoms with Gasteiger partial charge in [0.25, 0.3) is 0 Å². The molecule has 1 N–H and O–H groups in total. The highest BCUT2D eigenvalue weighted by molar-refractivity contribution is 5.70. The molecule has 1 heterocycles. The first-order chi connectivity index (χ1) is 8.24. The maximum Gasteiger partial charge on any atom is 0.410 e. The van der Waals surface area contributed by atoms with Gasteiger partial charge < -0.3 is 14.6 Å². The lowest BCUT2D eigenvalue weighted by molar-refractivity contribution is 0.151. The molecule has 1 saturated heterocycles. The molecule has 0 aromatic heterocycles. The van der Waals surface area contributed by atoms with Crippen molar-refractivity contribution in [2.24, 2.45) is 0 Å². The lowest BCUT2D eigenvalue weighted by atomic mass is 10.2. The van der Waals surface area contributed by atoms with Crippen LogP contribution in [-0.2, 0) is 11.3 Å². The average molecular weight is 237 g/mol. The molecule has 2 rings (SSSR count). The van der Waals surface area contributed by atoms with Gasteiger partial charge in [-0.1, -0.05) is 12.1 Å². The summed E-state index contributed by atoms with van der Waals surface area (Å²) in [7, 11) is 1.60. The van der Waals surface area contributed by atoms with Gasteiger partial charge >= 0.3 is 6.09 Å². The molecule has 0 spiro atoms. The number of rotatable bonds is 4. The minimum atomic E-state index is -0.383. The first-order valence-corrected chi connectivity index (χ1v) is 5.41. The Labute approximate surface area is 99.6 Å². The van der Waals surface area contributed by atoms with Gasteiger partial charge in [-0.3, -0.25) is 4.90 Å². The van der Waals surface area contributed by atoms with Crippen LogP contribution in [0.1, 0.15) is 5.56 Å². The number of ether oxygens (including phenoxy) is 2. The molecule has 5 heteroatoms. The molecule has 92 valence electrons. The maximum absolute atomic E-state index is 11.5. The van der Waals surface area contributed by atoms with Crippen LogP contribution in [0.5, 0.6) is 5.75 Å². The van der Waals surface area contributed by atoms with Crippen molar-refractivity contribution in [1.82, 2.24) is 4.90 Å². The van der Waals surface area contributed by atoms with Gasteiger partial charge in [0.1, 0.15) is 12.4 Å². The van der Waals surface area contributed by atoms with Crippen molar-refractivity contribution in [1.29, 1.82) is 0 Å². The van der Waals surface area contributed by atoms with Crippen LogP contribution in [0.15, 0.2) is 24.3 Å². The summed E-state index contributed by atoms with van der Waals surface area (Å²) >= 11 is 0. The predicted octanol–water partition coefficient (Wildman–Crippen LogP) is 1.01. The van der Waals surface area contributed by atoms with Crippen LogP contribution in [0, 0.1) is 0 Å². The van der Waals surface area contributed by atoms with Crippen molar-refractivity contribution in [2.75, 3.05) is 20.3 Å². The molecule has 0 aliphatic carbocycles. The minimum Gasteiger partial charge on any atom is -0.497 e. The molecule has 1 amide bonds. The fourth-order valence-electron chi connectivity index (χ4n) is 1.80. The van der Waals surface area contributed by atoms with Gasteiger partial charge in [-0.2, -0.15) is 0 Å². The van der Waals surface area contributed by atoms with E-state index in [1.165, 1.54) is 4.90 Å². The monoisotopic (exact) mass is 237 g/mol. The van der Waals surface area contributed by atoms with Crippen LogP contribution in [0.25, 0.3) is 0 Å². The summed E-state index contributed by atoms with van der Waals surface area (Å²) in [5.41, 5.74) is 0.946. The molecule has 1 aliphatic rings. The smallest absolute Gasteiger partial charge is 0.410 e. The number of cyclic esters (lactones) is 1. The quantitative estimate of drug-likeness (QED) is 0.849. The van der Waals surface area contributed by atoms with Crippen molar-refractivity contribution in [2.45, 2.75) is 12.6 Å². The molecule has 5 nitrogen and oxygen atoms in total. The van der Waals surface area contributed by atoms with E-state index in [0.717, 1.165) is 11.3 Å². The fourth-order valence-corrected chi connectivity index (χ4v) is 1.80. The van der Waals surface area contributed by atoms with E-state index in [2.05, 4.69) is 0 Å². The summed E-state index contributed by atoms with van der Waals surface area (Å²) in [6.07, 6.45) is -0.383. The highest BCUT2D eigenvalue weighted by atomic mass is 16.6. The van der Waals surface area contributed by atoms with Gasteiger partial charge in [-0.15, -0.1) is 0 Å². The number of amides is 1. The van der Waals surface area contributed by atoms with E-state index in [9.17, 15) is 4.79 Å². The van der Waals surface area contributed by atoms with E-state index in [0.29, 0.717) is 6.54 Å². The van der Waals surface area contributed by atoms with E-state index in [1.807, 2.05) is 24.3 Å². The number of aliphatic hydroxyl groups is 1. The number of carbonyl (C=O) groups is 1. The molecule has 0 radical (unpaired) electrons. The Kier molecular flexibility index (Phi) is 3.49. The molecule has 1 unspecified atom stereocenters. The maximum atomic E-state index is 11.5. The molecule has 1 fully saturated rings. The van der Waals surface area contributed by atoms with Gasteiger partial charge in [-0.05, 0) is 17.7 Å². The number of hydrogen-bond donors (Lipinski definition) is 1. The number of benzene rings is 1. The highest BCUT2D eigenvalue weighted by Gasteiger charge is 2.32. The predicted molar refractivity (Wildman–Crippen MR) is 60.8 cm³/mol. The van der Waals surface area contributed by atoms with Gasteiger partial charge in [0.2, 0.25) is 0 Å². The molecule has 17 heavy (non-hydrogen) atoms. The summed E-state index contributed by atoms with van der Waals surface area (Å²) in [4.78, 5) is 13.0. The second kappa shape index (κ2) is 5.05. The number of methoxy groups -OCH3 is 1. The molecule has 0 saturated carbocycles. The SMILES string of the molecule is COc1cccc(CN2C(=O)OCC2CO)c1. The minimum absolute atomic E-state index is 0.0876. The van der Waals surface area contributed by atoms with Crippen LogP contribution in [-0.4, -0.2) is 42.5 Å². The standard InChI is InChI=1S/C12H15NO4/c1-16-11-4-2-3-9(5-11)6-13-10(7-14)8-17-12(13)15/h2-5,10,14H,6-8H2,1H3. The molecule has 1 aromatic carbocycles. The fraction of sp³-hybridized carbons (Fsp3) is 0.417. The zero-order chi connectivity index (χ0) is 12.3. The Balaban J connectivity index is 2.11. The summed E-state index contributed by atoms with van der Waals surface area (Å²) in [5, 5.41) is 9.13. The third-order valence-corrected chi connectivity index (χ3v) is 2.77. The van der Waals surface area contributed by atoms with Crippen molar-refractivity contribution in [3.8, 4) is 5.75 Å². The third kappa shape index (κ3) is 2.50. The van der Waals surface area contributed by atoms with Gasteiger partial charge in [0.15, 0.2) is 0 Å². The molecule has 1 atom stereocenters. The largest absolute Gasteiger partial charge is 0.497 e. The topological polar surface area (TPSA) is 59.0 Å². The summed E-state index contributed by atoms with van der Waals surface area (Å²) in [5.74, 6) is 0.746. The zero-order valence-corrected chi connectivity index (χ0v) is 9.63. The van der Waals surface area contributed by atoms with E-state index >= 15 is 0 Å². The van der Waals surface area contributed by atoms with Crippen LogP contribution in [0.3, 0.4) is 0 Å². The first-order valence-electron chi connectivity index (χ1n) is 5.41. The van der Waals surface area contributed by atoms with Crippen molar-refractivity contribution >= 4 is 6.09 Å². The normalized spacial score (nSPS) is 19.3. The van der Waals surface area contributed by atoms with Gasteiger partial charge in [0.05, 0.1) is 19.8 Å². The lowest BCUT2D eigenvalue weighted by Gasteiger charge is -2.19. The van der Waals surface area contributed by atoms with Crippen LogP contribution in [0.2, 0.25) is 0 Å². The number of carbonyl (C=O) groups excluding carboxylic acids is 1. The second-order valence-corrected chi connectivity index (χ2v) is 3.89. The number of nitrogens with zero attached hydrogens (tertiary/aromatic N) is 1. The van der Waals surface area contributed by atoms with Gasteiger partial charge in [0, 0.05) is 6.54 Å². The molecular weight excluding hydrogens is 222 g/mol. The lowest BCUT2D eigenvalue weighted by Crippen LogP contribution is -2.35. The molecule has 0 bridgehead atoms. The third-order valence-electron chi connectivity index (χ3n) is 2.77. The zero-order valence-electron chi connectivity index (χ0n) is 9.63. The van der Waals surface area contributed by atoms with E-state index in [1.54, 1.807) is 7.11 Å². The molecular formula is C12H15NO4. The summed E-state index contributed by atoms with van der Waals surface area (Å²) in [6, 6.07) is 7.22. The first kappa shape index (κ1) is 11.7. The Morgan fingerprint density at radius 1 is 1.59 bits per heavy atom. The Bertz CT molecular complexity index is 407. The Hall–Kier alpha value is -1.75. The summed E-state index contributed by atoms with van der Waals surface area (Å²) < 4.78 is 10.0. The van der Waals surface area contributed by atoms with E-state index < -0.39 is 0 Å². The van der Waals surface area contributed by atoms with Gasteiger partial charge in [-0.25, -0.2) is 4.79 Å².